The van der Waals surface area contributed by atoms with E-state index < -0.39 is 0 Å². The third-order valence-electron chi connectivity index (χ3n) is 3.88. The summed E-state index contributed by atoms with van der Waals surface area (Å²) in [5, 5.41) is 6.42. The van der Waals surface area contributed by atoms with Gasteiger partial charge in [-0.2, -0.15) is 0 Å². The van der Waals surface area contributed by atoms with E-state index in [0.29, 0.717) is 11.4 Å². The van der Waals surface area contributed by atoms with E-state index in [9.17, 15) is 4.79 Å². The first-order chi connectivity index (χ1) is 11.4. The number of aromatic amines is 1. The van der Waals surface area contributed by atoms with Gasteiger partial charge in [-0.1, -0.05) is 0 Å². The topological polar surface area (TPSA) is 83.6 Å². The van der Waals surface area contributed by atoms with Crippen molar-refractivity contribution in [2.24, 2.45) is 0 Å². The van der Waals surface area contributed by atoms with Crippen molar-refractivity contribution in [1.29, 1.82) is 0 Å². The predicted molar refractivity (Wildman–Crippen MR) is 96.5 cm³/mol. The van der Waals surface area contributed by atoms with Gasteiger partial charge in [-0.15, -0.1) is 11.3 Å². The summed E-state index contributed by atoms with van der Waals surface area (Å²) in [5.41, 5.74) is 3.02. The molecule has 124 valence electrons. The SMILES string of the molecule is Cc1nc([C@@H](C)Nc2ccc(-c3nc(C)c(C)c(=O)[nH]3)cn2)cs1. The van der Waals surface area contributed by atoms with E-state index in [4.69, 9.17) is 0 Å². The van der Waals surface area contributed by atoms with Crippen molar-refractivity contribution in [2.45, 2.75) is 33.7 Å². The molecule has 0 aliphatic rings. The first-order valence-electron chi connectivity index (χ1n) is 7.66. The van der Waals surface area contributed by atoms with Gasteiger partial charge in [-0.05, 0) is 39.8 Å². The van der Waals surface area contributed by atoms with Crippen LogP contribution in [-0.4, -0.2) is 19.9 Å². The van der Waals surface area contributed by atoms with Gasteiger partial charge in [0, 0.05) is 28.4 Å². The molecule has 3 aromatic heterocycles. The number of rotatable bonds is 4. The van der Waals surface area contributed by atoms with Gasteiger partial charge in [0.15, 0.2) is 0 Å². The molecule has 0 aromatic carbocycles. The largest absolute Gasteiger partial charge is 0.362 e. The van der Waals surface area contributed by atoms with Crippen LogP contribution in [0.4, 0.5) is 5.82 Å². The lowest BCUT2D eigenvalue weighted by Gasteiger charge is -2.12. The lowest BCUT2D eigenvalue weighted by molar-refractivity contribution is 0.837. The minimum Gasteiger partial charge on any atom is -0.362 e. The Kier molecular flexibility index (Phi) is 4.44. The summed E-state index contributed by atoms with van der Waals surface area (Å²) < 4.78 is 0. The van der Waals surface area contributed by atoms with Crippen LogP contribution >= 0.6 is 11.3 Å². The summed E-state index contributed by atoms with van der Waals surface area (Å²) in [6, 6.07) is 3.84. The number of nitrogens with one attached hydrogen (secondary N) is 2. The number of thiazole rings is 1. The quantitative estimate of drug-likeness (QED) is 0.760. The Bertz CT molecular complexity index is 913. The minimum absolute atomic E-state index is 0.0767. The van der Waals surface area contributed by atoms with Crippen molar-refractivity contribution in [1.82, 2.24) is 19.9 Å². The van der Waals surface area contributed by atoms with Crippen LogP contribution in [0.5, 0.6) is 0 Å². The second-order valence-electron chi connectivity index (χ2n) is 5.71. The zero-order valence-corrected chi connectivity index (χ0v) is 14.9. The lowest BCUT2D eigenvalue weighted by Crippen LogP contribution is -2.14. The van der Waals surface area contributed by atoms with E-state index in [1.807, 2.05) is 38.3 Å². The second kappa shape index (κ2) is 6.52. The summed E-state index contributed by atoms with van der Waals surface area (Å²) in [4.78, 5) is 28.0. The molecular formula is C17H19N5OS. The van der Waals surface area contributed by atoms with Gasteiger partial charge in [-0.25, -0.2) is 15.0 Å². The Hall–Kier alpha value is -2.54. The molecule has 6 nitrogen and oxygen atoms in total. The molecule has 7 heteroatoms. The van der Waals surface area contributed by atoms with Crippen LogP contribution in [0.2, 0.25) is 0 Å². The summed E-state index contributed by atoms with van der Waals surface area (Å²) in [7, 11) is 0. The Morgan fingerprint density at radius 1 is 1.21 bits per heavy atom. The van der Waals surface area contributed by atoms with Gasteiger partial charge in [0.25, 0.3) is 5.56 Å². The molecule has 0 unspecified atom stereocenters. The molecule has 0 amide bonds. The van der Waals surface area contributed by atoms with E-state index in [-0.39, 0.29) is 11.6 Å². The van der Waals surface area contributed by atoms with E-state index in [1.54, 1.807) is 24.5 Å². The van der Waals surface area contributed by atoms with Crippen molar-refractivity contribution in [3.8, 4) is 11.4 Å². The molecule has 3 heterocycles. The van der Waals surface area contributed by atoms with Crippen LogP contribution in [-0.2, 0) is 0 Å². The molecule has 0 saturated carbocycles. The molecule has 0 aliphatic heterocycles. The fourth-order valence-electron chi connectivity index (χ4n) is 2.28. The predicted octanol–water partition coefficient (Wildman–Crippen LogP) is 3.39. The molecule has 3 rings (SSSR count). The maximum Gasteiger partial charge on any atom is 0.254 e. The van der Waals surface area contributed by atoms with E-state index in [2.05, 4.69) is 25.3 Å². The summed E-state index contributed by atoms with van der Waals surface area (Å²) in [6.45, 7) is 7.63. The molecule has 2 N–H and O–H groups in total. The summed E-state index contributed by atoms with van der Waals surface area (Å²) >= 11 is 1.63. The standard InChI is InChI=1S/C17H19N5OS/c1-9-10(2)20-16(22-17(9)23)13-5-6-15(18-7-13)19-11(3)14-8-24-12(4)21-14/h5-8,11H,1-4H3,(H,18,19)(H,20,22,23)/t11-/m1/s1. The molecule has 1 atom stereocenters. The highest BCUT2D eigenvalue weighted by Gasteiger charge is 2.10. The maximum absolute atomic E-state index is 11.9. The van der Waals surface area contributed by atoms with Crippen LogP contribution < -0.4 is 10.9 Å². The Balaban J connectivity index is 1.79. The third-order valence-corrected chi connectivity index (χ3v) is 4.67. The molecule has 24 heavy (non-hydrogen) atoms. The Labute approximate surface area is 144 Å². The zero-order valence-electron chi connectivity index (χ0n) is 14.0. The van der Waals surface area contributed by atoms with Gasteiger partial charge in [0.05, 0.1) is 16.7 Å². The Morgan fingerprint density at radius 2 is 2.00 bits per heavy atom. The number of pyridine rings is 1. The number of aromatic nitrogens is 4. The Morgan fingerprint density at radius 3 is 2.58 bits per heavy atom. The molecule has 0 radical (unpaired) electrons. The van der Waals surface area contributed by atoms with Crippen LogP contribution in [0.1, 0.15) is 34.9 Å². The van der Waals surface area contributed by atoms with Gasteiger partial charge >= 0.3 is 0 Å². The lowest BCUT2D eigenvalue weighted by atomic mass is 10.2. The van der Waals surface area contributed by atoms with Crippen molar-refractivity contribution >= 4 is 17.2 Å². The molecule has 0 spiro atoms. The van der Waals surface area contributed by atoms with Crippen LogP contribution in [0.25, 0.3) is 11.4 Å². The zero-order chi connectivity index (χ0) is 17.3. The number of nitrogens with zero attached hydrogens (tertiary/aromatic N) is 3. The third kappa shape index (κ3) is 3.35. The van der Waals surface area contributed by atoms with Crippen molar-refractivity contribution in [3.05, 3.63) is 56.0 Å². The number of hydrogen-bond donors (Lipinski definition) is 2. The average Bonchev–Trinajstić information content (AvgIpc) is 2.99. The van der Waals surface area contributed by atoms with E-state index in [1.165, 1.54) is 0 Å². The van der Waals surface area contributed by atoms with Gasteiger partial charge in [0.2, 0.25) is 0 Å². The highest BCUT2D eigenvalue weighted by Crippen LogP contribution is 2.21. The number of hydrogen-bond acceptors (Lipinski definition) is 6. The first-order valence-corrected chi connectivity index (χ1v) is 8.54. The van der Waals surface area contributed by atoms with Crippen molar-refractivity contribution in [2.75, 3.05) is 5.32 Å². The van der Waals surface area contributed by atoms with E-state index in [0.717, 1.165) is 27.8 Å². The molecule has 3 aromatic rings. The van der Waals surface area contributed by atoms with Gasteiger partial charge in [0.1, 0.15) is 11.6 Å². The monoisotopic (exact) mass is 341 g/mol. The molecule has 0 saturated heterocycles. The summed E-state index contributed by atoms with van der Waals surface area (Å²) in [6.07, 6.45) is 1.70. The fourth-order valence-corrected chi connectivity index (χ4v) is 2.98. The molecule has 0 bridgehead atoms. The smallest absolute Gasteiger partial charge is 0.254 e. The number of aryl methyl sites for hydroxylation is 2. The highest BCUT2D eigenvalue weighted by atomic mass is 32.1. The maximum atomic E-state index is 11.9. The van der Waals surface area contributed by atoms with Gasteiger partial charge < -0.3 is 10.3 Å². The van der Waals surface area contributed by atoms with Crippen LogP contribution in [0.15, 0.2) is 28.5 Å². The number of H-pyrrole nitrogens is 1. The molecular weight excluding hydrogens is 322 g/mol. The second-order valence-corrected chi connectivity index (χ2v) is 6.78. The minimum atomic E-state index is -0.118. The van der Waals surface area contributed by atoms with Gasteiger partial charge in [-0.3, -0.25) is 4.79 Å². The molecule has 0 fully saturated rings. The van der Waals surface area contributed by atoms with Crippen LogP contribution in [0.3, 0.4) is 0 Å². The van der Waals surface area contributed by atoms with Crippen LogP contribution in [0, 0.1) is 20.8 Å². The van der Waals surface area contributed by atoms with E-state index >= 15 is 0 Å². The molecule has 0 aliphatic carbocycles. The average molecular weight is 341 g/mol. The van der Waals surface area contributed by atoms with Crippen molar-refractivity contribution < 1.29 is 0 Å². The highest BCUT2D eigenvalue weighted by molar-refractivity contribution is 7.09. The number of anilines is 1. The normalized spacial score (nSPS) is 12.2. The fraction of sp³-hybridized carbons (Fsp3) is 0.294. The first kappa shape index (κ1) is 16.3. The summed E-state index contributed by atoms with van der Waals surface area (Å²) in [5.74, 6) is 1.29. The van der Waals surface area contributed by atoms with Crippen molar-refractivity contribution in [3.63, 3.8) is 0 Å².